The average Bonchev–Trinajstić information content (AvgIpc) is 3.07. The second kappa shape index (κ2) is 8.80. The number of esters is 1. The molecule has 0 aliphatic carbocycles. The molecule has 3 rings (SSSR count). The Bertz CT molecular complexity index is 994. The van der Waals surface area contributed by atoms with E-state index in [1.807, 2.05) is 13.0 Å². The fourth-order valence-corrected chi connectivity index (χ4v) is 3.76. The quantitative estimate of drug-likeness (QED) is 0.461. The third kappa shape index (κ3) is 5.25. The maximum Gasteiger partial charge on any atom is 0.337 e. The zero-order chi connectivity index (χ0) is 21.0. The summed E-state index contributed by atoms with van der Waals surface area (Å²) in [6, 6.07) is 13.3. The molecule has 0 bridgehead atoms. The van der Waals surface area contributed by atoms with E-state index in [0.717, 1.165) is 33.6 Å². The van der Waals surface area contributed by atoms with E-state index in [9.17, 15) is 13.6 Å². The number of methoxy groups -OCH3 is 1. The Hall–Kier alpha value is -2.64. The summed E-state index contributed by atoms with van der Waals surface area (Å²) in [7, 11) is 1.34. The Balaban J connectivity index is 1.65. The molecule has 0 amide bonds. The Kier molecular flexibility index (Phi) is 6.39. The topological polar surface area (TPSA) is 48.4 Å². The van der Waals surface area contributed by atoms with Crippen LogP contribution in [0.4, 0.5) is 8.78 Å². The lowest BCUT2D eigenvalue weighted by Crippen LogP contribution is -2.06. The number of hydrogen-bond acceptors (Lipinski definition) is 5. The van der Waals surface area contributed by atoms with Crippen LogP contribution in [-0.4, -0.2) is 18.1 Å². The Labute approximate surface area is 172 Å². The van der Waals surface area contributed by atoms with E-state index < -0.39 is 5.92 Å². The van der Waals surface area contributed by atoms with E-state index in [0.29, 0.717) is 18.8 Å². The van der Waals surface area contributed by atoms with E-state index in [2.05, 4.69) is 4.98 Å². The van der Waals surface area contributed by atoms with Crippen LogP contribution in [0.15, 0.2) is 48.5 Å². The van der Waals surface area contributed by atoms with Gasteiger partial charge >= 0.3 is 5.97 Å². The van der Waals surface area contributed by atoms with Gasteiger partial charge in [0.25, 0.3) is 5.92 Å². The molecule has 1 heterocycles. The van der Waals surface area contributed by atoms with Gasteiger partial charge in [-0.05, 0) is 24.6 Å². The van der Waals surface area contributed by atoms with Gasteiger partial charge in [0.15, 0.2) is 0 Å². The first-order valence-electron chi connectivity index (χ1n) is 8.98. The highest BCUT2D eigenvalue weighted by atomic mass is 32.1. The maximum absolute atomic E-state index is 13.4. The van der Waals surface area contributed by atoms with Crippen molar-refractivity contribution in [3.05, 3.63) is 75.8 Å². The number of benzene rings is 2. The number of alkyl halides is 2. The number of nitrogens with zero attached hydrogens (tertiary/aromatic N) is 1. The predicted octanol–water partition coefficient (Wildman–Crippen LogP) is 5.73. The number of thiazole rings is 1. The molecule has 2 aromatic carbocycles. The van der Waals surface area contributed by atoms with Gasteiger partial charge in [-0.3, -0.25) is 0 Å². The highest BCUT2D eigenvalue weighted by Gasteiger charge is 2.24. The molecule has 3 aromatic rings. The first-order valence-corrected chi connectivity index (χ1v) is 9.79. The number of aryl methyl sites for hydroxylation is 1. The van der Waals surface area contributed by atoms with Gasteiger partial charge in [-0.1, -0.05) is 36.4 Å². The number of hydrogen-bond donors (Lipinski definition) is 0. The van der Waals surface area contributed by atoms with Crippen LogP contribution in [0, 0.1) is 6.92 Å². The highest BCUT2D eigenvalue weighted by molar-refractivity contribution is 7.15. The number of aromatic nitrogens is 1. The third-order valence-corrected chi connectivity index (χ3v) is 5.56. The molecule has 29 heavy (non-hydrogen) atoms. The van der Waals surface area contributed by atoms with Gasteiger partial charge in [0.2, 0.25) is 0 Å². The first kappa shape index (κ1) is 21.1. The molecule has 0 unspecified atom stereocenters. The van der Waals surface area contributed by atoms with Gasteiger partial charge in [0, 0.05) is 18.1 Å². The minimum atomic E-state index is -2.86. The van der Waals surface area contributed by atoms with Gasteiger partial charge < -0.3 is 9.47 Å². The molecule has 0 N–H and O–H groups in total. The summed E-state index contributed by atoms with van der Waals surface area (Å²) in [4.78, 5) is 17.1. The van der Waals surface area contributed by atoms with Crippen molar-refractivity contribution in [2.24, 2.45) is 0 Å². The van der Waals surface area contributed by atoms with E-state index in [4.69, 9.17) is 9.47 Å². The van der Waals surface area contributed by atoms with Crippen LogP contribution in [-0.2, 0) is 28.6 Å². The summed E-state index contributed by atoms with van der Waals surface area (Å²) < 4.78 is 37.3. The molecule has 152 valence electrons. The fraction of sp³-hybridized carbons (Fsp3) is 0.273. The predicted molar refractivity (Wildman–Crippen MR) is 108 cm³/mol. The van der Waals surface area contributed by atoms with Gasteiger partial charge in [0.1, 0.15) is 5.01 Å². The van der Waals surface area contributed by atoms with Crippen LogP contribution in [0.1, 0.15) is 39.0 Å². The van der Waals surface area contributed by atoms with E-state index >= 15 is 0 Å². The molecule has 1 aromatic heterocycles. The van der Waals surface area contributed by atoms with Crippen LogP contribution in [0.2, 0.25) is 0 Å². The molecule has 0 saturated carbocycles. The summed E-state index contributed by atoms with van der Waals surface area (Å²) in [6.07, 6.45) is 0. The monoisotopic (exact) mass is 417 g/mol. The molecule has 0 saturated heterocycles. The first-order chi connectivity index (χ1) is 13.8. The van der Waals surface area contributed by atoms with E-state index in [1.165, 1.54) is 30.6 Å². The van der Waals surface area contributed by atoms with Crippen molar-refractivity contribution >= 4 is 17.3 Å². The number of carbonyl (C=O) groups excluding carboxylic acids is 1. The summed E-state index contributed by atoms with van der Waals surface area (Å²) >= 11 is 1.48. The van der Waals surface area contributed by atoms with E-state index in [1.54, 1.807) is 30.3 Å². The molecular weight excluding hydrogens is 396 g/mol. The maximum atomic E-state index is 13.4. The van der Waals surface area contributed by atoms with Crippen LogP contribution in [0.3, 0.4) is 0 Å². The van der Waals surface area contributed by atoms with Crippen molar-refractivity contribution in [1.29, 1.82) is 0 Å². The second-order valence-corrected chi connectivity index (χ2v) is 7.76. The van der Waals surface area contributed by atoms with E-state index in [-0.39, 0.29) is 11.5 Å². The van der Waals surface area contributed by atoms with Crippen LogP contribution in [0.25, 0.3) is 10.6 Å². The van der Waals surface area contributed by atoms with Gasteiger partial charge in [-0.25, -0.2) is 18.6 Å². The molecule has 0 spiro atoms. The molecule has 0 atom stereocenters. The smallest absolute Gasteiger partial charge is 0.337 e. The molecule has 0 aliphatic heterocycles. The Morgan fingerprint density at radius 1 is 1.14 bits per heavy atom. The summed E-state index contributed by atoms with van der Waals surface area (Å²) in [5, 5.41) is 0.764. The largest absolute Gasteiger partial charge is 0.465 e. The number of halogens is 2. The molecule has 0 fully saturated rings. The fourth-order valence-electron chi connectivity index (χ4n) is 2.76. The summed E-state index contributed by atoms with van der Waals surface area (Å²) in [5.41, 5.74) is 2.96. The van der Waals surface area contributed by atoms with Gasteiger partial charge in [0.05, 0.1) is 36.5 Å². The normalized spacial score (nSPS) is 11.5. The lowest BCUT2D eigenvalue weighted by molar-refractivity contribution is 0.0175. The summed E-state index contributed by atoms with van der Waals surface area (Å²) in [5.74, 6) is -3.25. The zero-order valence-corrected chi connectivity index (χ0v) is 17.2. The lowest BCUT2D eigenvalue weighted by atomic mass is 10.1. The molecule has 4 nitrogen and oxygen atoms in total. The van der Waals surface area contributed by atoms with Gasteiger partial charge in [-0.15, -0.1) is 11.3 Å². The number of carbonyl (C=O) groups is 1. The van der Waals surface area contributed by atoms with Crippen molar-refractivity contribution in [3.63, 3.8) is 0 Å². The lowest BCUT2D eigenvalue weighted by Gasteiger charge is -2.10. The number of ether oxygens (including phenoxy) is 2. The van der Waals surface area contributed by atoms with Crippen LogP contribution < -0.4 is 0 Å². The minimum absolute atomic E-state index is 0.0210. The molecule has 7 heteroatoms. The van der Waals surface area contributed by atoms with Crippen molar-refractivity contribution in [2.75, 3.05) is 7.11 Å². The third-order valence-electron chi connectivity index (χ3n) is 4.38. The van der Waals surface area contributed by atoms with Crippen LogP contribution in [0.5, 0.6) is 0 Å². The molecule has 0 aliphatic rings. The Morgan fingerprint density at radius 3 is 2.52 bits per heavy atom. The highest BCUT2D eigenvalue weighted by Crippen LogP contribution is 2.32. The second-order valence-electron chi connectivity index (χ2n) is 6.68. The van der Waals surface area contributed by atoms with Crippen molar-refractivity contribution < 1.29 is 23.0 Å². The minimum Gasteiger partial charge on any atom is -0.465 e. The van der Waals surface area contributed by atoms with Crippen molar-refractivity contribution in [3.8, 4) is 10.6 Å². The Morgan fingerprint density at radius 2 is 1.86 bits per heavy atom. The SMILES string of the molecule is COC(=O)c1cccc(COCc2sc(-c3ccc(C(C)(F)F)cc3)nc2C)c1. The zero-order valence-electron chi connectivity index (χ0n) is 16.4. The molecule has 0 radical (unpaired) electrons. The summed E-state index contributed by atoms with van der Waals surface area (Å²) in [6.45, 7) is 3.49. The molecular formula is C22H21F2NO3S. The average molecular weight is 417 g/mol. The standard InChI is InChI=1S/C22H21F2NO3S/c1-14-19(13-28-12-15-5-4-6-17(11-15)21(26)27-3)29-20(25-14)16-7-9-18(10-8-16)22(2,23)24/h4-11H,12-13H2,1-3H3. The van der Waals surface area contributed by atoms with Gasteiger partial charge in [-0.2, -0.15) is 0 Å². The van der Waals surface area contributed by atoms with Crippen LogP contribution >= 0.6 is 11.3 Å². The van der Waals surface area contributed by atoms with Crippen molar-refractivity contribution in [1.82, 2.24) is 4.98 Å². The van der Waals surface area contributed by atoms with Crippen molar-refractivity contribution in [2.45, 2.75) is 33.0 Å². The number of rotatable bonds is 7.